The first kappa shape index (κ1) is 24.5. The van der Waals surface area contributed by atoms with E-state index in [-0.39, 0.29) is 31.4 Å². The summed E-state index contributed by atoms with van der Waals surface area (Å²) in [5.74, 6) is -1.40. The summed E-state index contributed by atoms with van der Waals surface area (Å²) in [6, 6.07) is 19.2. The number of ether oxygens (including phenoxy) is 1. The molecule has 2 amide bonds. The molecular weight excluding hydrogens is 464 g/mol. The monoisotopic (exact) mass is 492 g/mol. The van der Waals surface area contributed by atoms with Crippen molar-refractivity contribution in [3.8, 4) is 11.1 Å². The van der Waals surface area contributed by atoms with Gasteiger partial charge in [0.1, 0.15) is 6.61 Å². The van der Waals surface area contributed by atoms with Gasteiger partial charge in [-0.1, -0.05) is 54.6 Å². The minimum Gasteiger partial charge on any atom is -0.481 e. The summed E-state index contributed by atoms with van der Waals surface area (Å²) in [7, 11) is 0. The van der Waals surface area contributed by atoms with E-state index in [9.17, 15) is 19.5 Å². The third-order valence-electron chi connectivity index (χ3n) is 6.20. The number of benzene rings is 2. The molecule has 4 rings (SSSR count). The molecule has 0 fully saturated rings. The van der Waals surface area contributed by atoms with E-state index in [1.165, 1.54) is 11.3 Å². The Morgan fingerprint density at radius 2 is 1.63 bits per heavy atom. The van der Waals surface area contributed by atoms with Gasteiger partial charge in [0.15, 0.2) is 0 Å². The van der Waals surface area contributed by atoms with Gasteiger partial charge in [-0.05, 0) is 47.5 Å². The van der Waals surface area contributed by atoms with Crippen LogP contribution < -0.4 is 10.6 Å². The molecule has 1 heterocycles. The number of carbonyl (C=O) groups is 3. The molecule has 182 valence electrons. The van der Waals surface area contributed by atoms with Crippen molar-refractivity contribution in [2.24, 2.45) is 5.41 Å². The van der Waals surface area contributed by atoms with E-state index in [2.05, 4.69) is 34.9 Å². The van der Waals surface area contributed by atoms with Crippen LogP contribution in [0.15, 0.2) is 66.0 Å². The molecule has 0 saturated heterocycles. The number of thiophene rings is 1. The second-order valence-electron chi connectivity index (χ2n) is 9.20. The Balaban J connectivity index is 1.33. The van der Waals surface area contributed by atoms with Crippen LogP contribution in [0.2, 0.25) is 0 Å². The summed E-state index contributed by atoms with van der Waals surface area (Å²) < 4.78 is 5.55. The number of fused-ring (bicyclic) bond motifs is 3. The third kappa shape index (κ3) is 5.54. The first-order chi connectivity index (χ1) is 16.8. The van der Waals surface area contributed by atoms with E-state index < -0.39 is 23.5 Å². The van der Waals surface area contributed by atoms with Crippen LogP contribution in [0.4, 0.5) is 4.79 Å². The zero-order valence-corrected chi connectivity index (χ0v) is 20.4. The van der Waals surface area contributed by atoms with Gasteiger partial charge in [-0.2, -0.15) is 0 Å². The molecule has 1 aliphatic rings. The average molecular weight is 493 g/mol. The Morgan fingerprint density at radius 3 is 2.20 bits per heavy atom. The normalized spacial score (nSPS) is 13.4. The lowest BCUT2D eigenvalue weighted by atomic mass is 9.91. The van der Waals surface area contributed by atoms with Crippen molar-refractivity contribution in [3.63, 3.8) is 0 Å². The molecule has 7 nitrogen and oxygen atoms in total. The van der Waals surface area contributed by atoms with Crippen LogP contribution in [0, 0.1) is 5.41 Å². The topological polar surface area (TPSA) is 105 Å². The van der Waals surface area contributed by atoms with Crippen molar-refractivity contribution >= 4 is 29.3 Å². The number of alkyl carbamates (subject to hydrolysis) is 1. The van der Waals surface area contributed by atoms with Gasteiger partial charge in [-0.25, -0.2) is 4.79 Å². The molecule has 1 aliphatic carbocycles. The van der Waals surface area contributed by atoms with Crippen molar-refractivity contribution in [1.29, 1.82) is 0 Å². The predicted molar refractivity (Wildman–Crippen MR) is 134 cm³/mol. The maximum absolute atomic E-state index is 12.9. The quantitative estimate of drug-likeness (QED) is 0.392. The first-order valence-electron chi connectivity index (χ1n) is 11.4. The average Bonchev–Trinajstić information content (AvgIpc) is 3.48. The minimum atomic E-state index is -1.00. The molecule has 3 N–H and O–H groups in total. The fourth-order valence-electron chi connectivity index (χ4n) is 4.26. The Hall–Kier alpha value is -3.65. The summed E-state index contributed by atoms with van der Waals surface area (Å²) in [6.45, 7) is 3.61. The number of carboxylic acids is 1. The molecule has 0 aliphatic heterocycles. The van der Waals surface area contributed by atoms with E-state index in [1.54, 1.807) is 19.9 Å². The van der Waals surface area contributed by atoms with E-state index in [0.29, 0.717) is 0 Å². The van der Waals surface area contributed by atoms with Crippen molar-refractivity contribution in [2.75, 3.05) is 13.2 Å². The van der Waals surface area contributed by atoms with Crippen LogP contribution in [0.3, 0.4) is 0 Å². The van der Waals surface area contributed by atoms with Gasteiger partial charge in [0.2, 0.25) is 5.91 Å². The molecule has 2 aromatic carbocycles. The number of nitrogens with one attached hydrogen (secondary N) is 2. The zero-order valence-electron chi connectivity index (χ0n) is 19.6. The van der Waals surface area contributed by atoms with Gasteiger partial charge in [-0.3, -0.25) is 9.59 Å². The highest BCUT2D eigenvalue weighted by atomic mass is 32.1. The molecule has 8 heteroatoms. The molecule has 0 saturated carbocycles. The number of carboxylic acid groups (broad SMARTS) is 1. The van der Waals surface area contributed by atoms with Crippen LogP contribution in [-0.2, 0) is 14.3 Å². The number of aliphatic carboxylic acids is 1. The molecule has 35 heavy (non-hydrogen) atoms. The molecule has 1 aromatic heterocycles. The van der Waals surface area contributed by atoms with Gasteiger partial charge in [0.25, 0.3) is 0 Å². The van der Waals surface area contributed by atoms with Gasteiger partial charge < -0.3 is 20.5 Å². The van der Waals surface area contributed by atoms with E-state index in [4.69, 9.17) is 4.74 Å². The predicted octanol–water partition coefficient (Wildman–Crippen LogP) is 4.95. The Labute approximate surface area is 208 Å². The smallest absolute Gasteiger partial charge is 0.407 e. The maximum Gasteiger partial charge on any atom is 0.407 e. The third-order valence-corrected chi connectivity index (χ3v) is 7.19. The number of amides is 2. The number of hydrogen-bond donors (Lipinski definition) is 3. The van der Waals surface area contributed by atoms with Gasteiger partial charge in [0, 0.05) is 17.3 Å². The summed E-state index contributed by atoms with van der Waals surface area (Å²) in [4.78, 5) is 37.5. The molecule has 0 bridgehead atoms. The Bertz CT molecular complexity index is 1180. The number of hydrogen-bond acceptors (Lipinski definition) is 5. The highest BCUT2D eigenvalue weighted by Gasteiger charge is 2.32. The number of carbonyl (C=O) groups excluding carboxylic acids is 2. The molecule has 1 unspecified atom stereocenters. The van der Waals surface area contributed by atoms with E-state index >= 15 is 0 Å². The zero-order chi connectivity index (χ0) is 25.0. The highest BCUT2D eigenvalue weighted by Crippen LogP contribution is 2.44. The summed E-state index contributed by atoms with van der Waals surface area (Å²) >= 11 is 1.39. The summed E-state index contributed by atoms with van der Waals surface area (Å²) in [6.07, 6.45) is -0.824. The second kappa shape index (κ2) is 10.3. The largest absolute Gasteiger partial charge is 0.481 e. The lowest BCUT2D eigenvalue weighted by molar-refractivity contribution is -0.138. The Kier molecular flexibility index (Phi) is 7.21. The summed E-state index contributed by atoms with van der Waals surface area (Å²) in [5, 5.41) is 16.6. The first-order valence-corrected chi connectivity index (χ1v) is 12.3. The fourth-order valence-corrected chi connectivity index (χ4v) is 5.04. The highest BCUT2D eigenvalue weighted by molar-refractivity contribution is 7.10. The fraction of sp³-hybridized carbons (Fsp3) is 0.296. The lowest BCUT2D eigenvalue weighted by Gasteiger charge is -2.27. The van der Waals surface area contributed by atoms with Crippen molar-refractivity contribution in [3.05, 3.63) is 82.0 Å². The minimum absolute atomic E-state index is 0.0414. The molecular formula is C27H28N2O5S. The molecule has 1 atom stereocenters. The Morgan fingerprint density at radius 1 is 1.00 bits per heavy atom. The molecule has 0 spiro atoms. The maximum atomic E-state index is 12.9. The second-order valence-corrected chi connectivity index (χ2v) is 10.2. The van der Waals surface area contributed by atoms with E-state index in [1.807, 2.05) is 35.7 Å². The van der Waals surface area contributed by atoms with E-state index in [0.717, 1.165) is 27.1 Å². The van der Waals surface area contributed by atoms with Crippen LogP contribution in [0.5, 0.6) is 0 Å². The molecule has 3 aromatic rings. The SMILES string of the molecule is CC(C)(CNC(=O)OCC1c2ccccc2-c2ccccc21)C(=O)NC(CC(=O)O)c1cccs1. The van der Waals surface area contributed by atoms with Crippen LogP contribution in [-0.4, -0.2) is 36.2 Å². The van der Waals surface area contributed by atoms with Crippen molar-refractivity contribution in [1.82, 2.24) is 10.6 Å². The standard InChI is InChI=1S/C27H28N2O5S/c1-27(2,25(32)29-22(14-24(30)31)23-12-7-13-35-23)16-28-26(33)34-15-21-19-10-5-3-8-17(19)18-9-4-6-11-20(18)21/h3-13,21-22H,14-16H2,1-2H3,(H,28,33)(H,29,32)(H,30,31). The van der Waals surface area contributed by atoms with Crippen LogP contribution in [0.1, 0.15) is 48.2 Å². The van der Waals surface area contributed by atoms with Gasteiger partial charge in [-0.15, -0.1) is 11.3 Å². The molecule has 0 radical (unpaired) electrons. The lowest BCUT2D eigenvalue weighted by Crippen LogP contribution is -2.46. The van der Waals surface area contributed by atoms with Crippen LogP contribution in [0.25, 0.3) is 11.1 Å². The van der Waals surface area contributed by atoms with Gasteiger partial charge in [0.05, 0.1) is 17.9 Å². The van der Waals surface area contributed by atoms with Crippen molar-refractivity contribution < 1.29 is 24.2 Å². The summed E-state index contributed by atoms with van der Waals surface area (Å²) in [5.41, 5.74) is 3.58. The van der Waals surface area contributed by atoms with Gasteiger partial charge >= 0.3 is 12.1 Å². The van der Waals surface area contributed by atoms with Crippen molar-refractivity contribution in [2.45, 2.75) is 32.2 Å². The number of rotatable bonds is 9. The van der Waals surface area contributed by atoms with Crippen LogP contribution >= 0.6 is 11.3 Å².